The van der Waals surface area contributed by atoms with Crippen LogP contribution in [0.2, 0.25) is 0 Å². The molecule has 0 aliphatic rings. The molecule has 100 valence electrons. The van der Waals surface area contributed by atoms with E-state index in [0.29, 0.717) is 30.5 Å². The highest BCUT2D eigenvalue weighted by Gasteiger charge is 2.10. The molecule has 0 aromatic heterocycles. The molecule has 0 radical (unpaired) electrons. The second kappa shape index (κ2) is 6.83. The lowest BCUT2D eigenvalue weighted by Crippen LogP contribution is -2.03. The Hall–Kier alpha value is -1.78. The van der Waals surface area contributed by atoms with Gasteiger partial charge in [0.1, 0.15) is 5.75 Å². The molecule has 0 unspecified atom stereocenters. The number of ether oxygens (including phenoxy) is 1. The van der Waals surface area contributed by atoms with Gasteiger partial charge in [-0.15, -0.1) is 0 Å². The largest absolute Gasteiger partial charge is 0.493 e. The minimum atomic E-state index is -0.407. The molecule has 0 amide bonds. The molecule has 0 fully saturated rings. The maximum Gasteiger partial charge on any atom is 0.275 e. The summed E-state index contributed by atoms with van der Waals surface area (Å²) in [5.74, 6) is 1.10. The average molecular weight is 252 g/mol. The number of hydrogen-bond donors (Lipinski definition) is 1. The highest BCUT2D eigenvalue weighted by atomic mass is 16.6. The number of anilines is 1. The van der Waals surface area contributed by atoms with Crippen LogP contribution in [0.4, 0.5) is 11.4 Å². The third-order valence-corrected chi connectivity index (χ3v) is 2.45. The SMILES string of the molecule is CCNc1cc(OCCC(C)C)cc([N+](=O)[O-])c1. The summed E-state index contributed by atoms with van der Waals surface area (Å²) >= 11 is 0. The Morgan fingerprint density at radius 1 is 1.39 bits per heavy atom. The lowest BCUT2D eigenvalue weighted by molar-refractivity contribution is -0.384. The molecule has 5 heteroatoms. The molecule has 1 N–H and O–H groups in total. The first-order chi connectivity index (χ1) is 8.52. The molecule has 0 bridgehead atoms. The number of nitro groups is 1. The van der Waals surface area contributed by atoms with Gasteiger partial charge in [-0.25, -0.2) is 0 Å². The predicted octanol–water partition coefficient (Wildman–Crippen LogP) is 3.45. The fourth-order valence-corrected chi connectivity index (χ4v) is 1.49. The predicted molar refractivity (Wildman–Crippen MR) is 72.2 cm³/mol. The van der Waals surface area contributed by atoms with Crippen molar-refractivity contribution in [3.05, 3.63) is 28.3 Å². The number of rotatable bonds is 7. The van der Waals surface area contributed by atoms with Gasteiger partial charge in [-0.3, -0.25) is 10.1 Å². The number of benzene rings is 1. The average Bonchev–Trinajstić information content (AvgIpc) is 2.28. The molecule has 0 saturated carbocycles. The van der Waals surface area contributed by atoms with Crippen LogP contribution in [0, 0.1) is 16.0 Å². The van der Waals surface area contributed by atoms with Crippen molar-refractivity contribution >= 4 is 11.4 Å². The molecular weight excluding hydrogens is 232 g/mol. The van der Waals surface area contributed by atoms with Crippen LogP contribution in [0.5, 0.6) is 5.75 Å². The summed E-state index contributed by atoms with van der Waals surface area (Å²) in [5, 5.41) is 13.9. The van der Waals surface area contributed by atoms with E-state index in [1.165, 1.54) is 12.1 Å². The van der Waals surface area contributed by atoms with Crippen molar-refractivity contribution in [2.75, 3.05) is 18.5 Å². The zero-order valence-electron chi connectivity index (χ0n) is 11.1. The molecule has 0 saturated heterocycles. The fourth-order valence-electron chi connectivity index (χ4n) is 1.49. The molecule has 0 atom stereocenters. The first-order valence-electron chi connectivity index (χ1n) is 6.19. The third-order valence-electron chi connectivity index (χ3n) is 2.45. The number of nitrogens with zero attached hydrogens (tertiary/aromatic N) is 1. The van der Waals surface area contributed by atoms with Gasteiger partial charge in [0.25, 0.3) is 5.69 Å². The zero-order valence-corrected chi connectivity index (χ0v) is 11.1. The van der Waals surface area contributed by atoms with Crippen molar-refractivity contribution in [2.45, 2.75) is 27.2 Å². The van der Waals surface area contributed by atoms with Gasteiger partial charge in [0.15, 0.2) is 0 Å². The molecule has 0 aliphatic heterocycles. The normalized spacial score (nSPS) is 10.4. The minimum Gasteiger partial charge on any atom is -0.493 e. The number of non-ortho nitro benzene ring substituents is 1. The lowest BCUT2D eigenvalue weighted by atomic mass is 10.1. The molecule has 5 nitrogen and oxygen atoms in total. The van der Waals surface area contributed by atoms with E-state index in [-0.39, 0.29) is 5.69 Å². The Labute approximate surface area is 107 Å². The first-order valence-corrected chi connectivity index (χ1v) is 6.19. The Balaban J connectivity index is 2.79. The zero-order chi connectivity index (χ0) is 13.5. The highest BCUT2D eigenvalue weighted by Crippen LogP contribution is 2.26. The molecule has 18 heavy (non-hydrogen) atoms. The van der Waals surface area contributed by atoms with Gasteiger partial charge in [-0.1, -0.05) is 13.8 Å². The van der Waals surface area contributed by atoms with Crippen LogP contribution < -0.4 is 10.1 Å². The Morgan fingerprint density at radius 3 is 2.67 bits per heavy atom. The Kier molecular flexibility index (Phi) is 5.42. The summed E-state index contributed by atoms with van der Waals surface area (Å²) in [7, 11) is 0. The van der Waals surface area contributed by atoms with Gasteiger partial charge < -0.3 is 10.1 Å². The van der Waals surface area contributed by atoms with E-state index in [1.54, 1.807) is 6.07 Å². The van der Waals surface area contributed by atoms with Gasteiger partial charge in [-0.2, -0.15) is 0 Å². The van der Waals surface area contributed by atoms with Crippen LogP contribution in [0.3, 0.4) is 0 Å². The van der Waals surface area contributed by atoms with Crippen LogP contribution in [0.1, 0.15) is 27.2 Å². The molecule has 1 aromatic carbocycles. The fraction of sp³-hybridized carbons (Fsp3) is 0.538. The number of hydrogen-bond acceptors (Lipinski definition) is 4. The third kappa shape index (κ3) is 4.61. The summed E-state index contributed by atoms with van der Waals surface area (Å²) in [5.41, 5.74) is 0.763. The van der Waals surface area contributed by atoms with Crippen molar-refractivity contribution in [3.63, 3.8) is 0 Å². The van der Waals surface area contributed by atoms with E-state index in [9.17, 15) is 10.1 Å². The Bertz CT molecular complexity index is 405. The van der Waals surface area contributed by atoms with Crippen molar-refractivity contribution in [2.24, 2.45) is 5.92 Å². The standard InChI is InChI=1S/C13H20N2O3/c1-4-14-11-7-12(15(16)17)9-13(8-11)18-6-5-10(2)3/h7-10,14H,4-6H2,1-3H3. The quantitative estimate of drug-likeness (QED) is 0.596. The summed E-state index contributed by atoms with van der Waals surface area (Å²) in [4.78, 5) is 10.4. The van der Waals surface area contributed by atoms with E-state index >= 15 is 0 Å². The Morgan fingerprint density at radius 2 is 2.11 bits per heavy atom. The van der Waals surface area contributed by atoms with Crippen LogP contribution in [0.15, 0.2) is 18.2 Å². The second-order valence-electron chi connectivity index (χ2n) is 4.53. The van der Waals surface area contributed by atoms with E-state index in [2.05, 4.69) is 19.2 Å². The van der Waals surface area contributed by atoms with Gasteiger partial charge in [0, 0.05) is 24.4 Å². The van der Waals surface area contributed by atoms with E-state index < -0.39 is 4.92 Å². The van der Waals surface area contributed by atoms with Gasteiger partial charge in [-0.05, 0) is 19.3 Å². The van der Waals surface area contributed by atoms with Gasteiger partial charge in [0.2, 0.25) is 0 Å². The minimum absolute atomic E-state index is 0.0491. The number of nitro benzene ring substituents is 1. The van der Waals surface area contributed by atoms with E-state index in [1.807, 2.05) is 6.92 Å². The highest BCUT2D eigenvalue weighted by molar-refractivity contribution is 5.56. The smallest absolute Gasteiger partial charge is 0.275 e. The van der Waals surface area contributed by atoms with Crippen molar-refractivity contribution in [1.29, 1.82) is 0 Å². The first kappa shape index (κ1) is 14.3. The maximum atomic E-state index is 10.8. The molecule has 1 rings (SSSR count). The van der Waals surface area contributed by atoms with Crippen LogP contribution in [-0.4, -0.2) is 18.1 Å². The van der Waals surface area contributed by atoms with Gasteiger partial charge >= 0.3 is 0 Å². The molecule has 0 spiro atoms. The summed E-state index contributed by atoms with van der Waals surface area (Å²) in [6, 6.07) is 4.76. The van der Waals surface area contributed by atoms with Crippen molar-refractivity contribution in [1.82, 2.24) is 0 Å². The summed E-state index contributed by atoms with van der Waals surface area (Å²) in [6.45, 7) is 7.46. The maximum absolute atomic E-state index is 10.8. The summed E-state index contributed by atoms with van der Waals surface area (Å²) in [6.07, 6.45) is 0.930. The second-order valence-corrected chi connectivity index (χ2v) is 4.53. The summed E-state index contributed by atoms with van der Waals surface area (Å²) < 4.78 is 5.55. The monoisotopic (exact) mass is 252 g/mol. The van der Waals surface area contributed by atoms with Crippen LogP contribution >= 0.6 is 0 Å². The van der Waals surface area contributed by atoms with Gasteiger partial charge in [0.05, 0.1) is 17.6 Å². The molecule has 0 heterocycles. The van der Waals surface area contributed by atoms with Crippen molar-refractivity contribution in [3.8, 4) is 5.75 Å². The number of nitrogens with one attached hydrogen (secondary N) is 1. The molecular formula is C13H20N2O3. The molecule has 0 aliphatic carbocycles. The van der Waals surface area contributed by atoms with E-state index in [4.69, 9.17) is 4.74 Å². The van der Waals surface area contributed by atoms with Crippen LogP contribution in [-0.2, 0) is 0 Å². The van der Waals surface area contributed by atoms with Crippen molar-refractivity contribution < 1.29 is 9.66 Å². The lowest BCUT2D eigenvalue weighted by Gasteiger charge is -2.10. The molecule has 1 aromatic rings. The van der Waals surface area contributed by atoms with Crippen LogP contribution in [0.25, 0.3) is 0 Å². The topological polar surface area (TPSA) is 64.4 Å². The van der Waals surface area contributed by atoms with E-state index in [0.717, 1.165) is 6.42 Å².